The summed E-state index contributed by atoms with van der Waals surface area (Å²) in [6.07, 6.45) is 3.97. The third-order valence-electron chi connectivity index (χ3n) is 4.05. The Morgan fingerprint density at radius 1 is 1.71 bits per heavy atom. The number of fused-ring (bicyclic) bond motifs is 2. The highest BCUT2D eigenvalue weighted by Gasteiger charge is 2.52. The molecule has 1 fully saturated rings. The number of carboxylic acids is 1. The Bertz CT molecular complexity index is 310. The third-order valence-corrected chi connectivity index (χ3v) is 5.04. The molecule has 2 bridgehead atoms. The Kier molecular flexibility index (Phi) is 2.25. The lowest BCUT2D eigenvalue weighted by Crippen LogP contribution is -2.30. The molecular weight excluding hydrogens is 244 g/mol. The summed E-state index contributed by atoms with van der Waals surface area (Å²) in [6.45, 7) is 4.06. The zero-order valence-electron chi connectivity index (χ0n) is 8.46. The van der Waals surface area contributed by atoms with Crippen LogP contribution in [0.2, 0.25) is 0 Å². The van der Waals surface area contributed by atoms with Gasteiger partial charge in [0.15, 0.2) is 0 Å². The minimum atomic E-state index is -0.643. The predicted octanol–water partition coefficient (Wildman–Crippen LogP) is 3.03. The van der Waals surface area contributed by atoms with Crippen molar-refractivity contribution in [2.24, 2.45) is 23.2 Å². The van der Waals surface area contributed by atoms with Crippen molar-refractivity contribution in [3.63, 3.8) is 0 Å². The molecule has 0 aromatic rings. The minimum Gasteiger partial charge on any atom is -0.481 e. The van der Waals surface area contributed by atoms with Crippen molar-refractivity contribution in [1.29, 1.82) is 0 Å². The van der Waals surface area contributed by atoms with E-state index in [9.17, 15) is 9.90 Å². The lowest BCUT2D eigenvalue weighted by Gasteiger charge is -2.25. The van der Waals surface area contributed by atoms with E-state index >= 15 is 0 Å². The molecule has 0 heterocycles. The Labute approximate surface area is 92.5 Å². The van der Waals surface area contributed by atoms with Crippen molar-refractivity contribution in [2.45, 2.75) is 26.7 Å². The van der Waals surface area contributed by atoms with Crippen LogP contribution in [-0.4, -0.2) is 11.1 Å². The van der Waals surface area contributed by atoms with Gasteiger partial charge in [0.2, 0.25) is 0 Å². The predicted molar refractivity (Wildman–Crippen MR) is 58.1 cm³/mol. The summed E-state index contributed by atoms with van der Waals surface area (Å²) in [7, 11) is 0. The summed E-state index contributed by atoms with van der Waals surface area (Å²) in [6, 6.07) is 0. The van der Waals surface area contributed by atoms with Gasteiger partial charge in [-0.05, 0) is 42.0 Å². The maximum Gasteiger partial charge on any atom is 0.309 e. The molecule has 1 saturated carbocycles. The Hall–Kier alpha value is -0.310. The van der Waals surface area contributed by atoms with Gasteiger partial charge in [-0.15, -0.1) is 0 Å². The number of carbonyl (C=O) groups is 1. The van der Waals surface area contributed by atoms with Gasteiger partial charge in [0.25, 0.3) is 0 Å². The van der Waals surface area contributed by atoms with Crippen LogP contribution in [0.25, 0.3) is 0 Å². The van der Waals surface area contributed by atoms with Crippen LogP contribution in [-0.2, 0) is 4.79 Å². The van der Waals surface area contributed by atoms with Gasteiger partial charge in [0, 0.05) is 0 Å². The first-order valence-electron chi connectivity index (χ1n) is 5.06. The molecular formula is C11H15BrO2. The molecule has 2 rings (SSSR count). The molecule has 0 aromatic carbocycles. The van der Waals surface area contributed by atoms with Crippen molar-refractivity contribution >= 4 is 21.9 Å². The highest BCUT2D eigenvalue weighted by molar-refractivity contribution is 9.11. The van der Waals surface area contributed by atoms with E-state index in [1.54, 1.807) is 0 Å². The Morgan fingerprint density at radius 2 is 2.36 bits per heavy atom. The van der Waals surface area contributed by atoms with Crippen LogP contribution in [0.15, 0.2) is 10.6 Å². The molecule has 4 atom stereocenters. The van der Waals surface area contributed by atoms with E-state index in [2.05, 4.69) is 28.9 Å². The van der Waals surface area contributed by atoms with E-state index in [4.69, 9.17) is 0 Å². The van der Waals surface area contributed by atoms with Gasteiger partial charge < -0.3 is 5.11 Å². The topological polar surface area (TPSA) is 37.3 Å². The molecule has 0 aliphatic heterocycles. The van der Waals surface area contributed by atoms with E-state index in [1.807, 2.05) is 6.92 Å². The fraction of sp³-hybridized carbons (Fsp3) is 0.727. The zero-order chi connectivity index (χ0) is 10.5. The normalized spacial score (nSPS) is 46.2. The van der Waals surface area contributed by atoms with Crippen LogP contribution in [0, 0.1) is 23.2 Å². The van der Waals surface area contributed by atoms with Gasteiger partial charge in [-0.2, -0.15) is 0 Å². The Balaban J connectivity index is 2.36. The first-order valence-corrected chi connectivity index (χ1v) is 5.85. The van der Waals surface area contributed by atoms with Crippen molar-refractivity contribution in [3.8, 4) is 0 Å². The van der Waals surface area contributed by atoms with E-state index in [-0.39, 0.29) is 5.92 Å². The fourth-order valence-electron chi connectivity index (χ4n) is 2.81. The molecule has 2 nitrogen and oxygen atoms in total. The zero-order valence-corrected chi connectivity index (χ0v) is 10.0. The van der Waals surface area contributed by atoms with E-state index in [0.29, 0.717) is 11.8 Å². The maximum absolute atomic E-state index is 11.2. The SMILES string of the molecule is C[C@H]1C(Br)=C[C@H]2C[C@@H]1C[C@@]2(C)C(=O)O. The number of hydrogen-bond donors (Lipinski definition) is 1. The average molecular weight is 259 g/mol. The second kappa shape index (κ2) is 3.09. The highest BCUT2D eigenvalue weighted by Crippen LogP contribution is 2.55. The summed E-state index contributed by atoms with van der Waals surface area (Å²) in [5.74, 6) is 0.610. The van der Waals surface area contributed by atoms with Gasteiger partial charge >= 0.3 is 5.97 Å². The first kappa shape index (κ1) is 10.2. The van der Waals surface area contributed by atoms with Crippen LogP contribution < -0.4 is 0 Å². The van der Waals surface area contributed by atoms with Crippen molar-refractivity contribution in [2.75, 3.05) is 0 Å². The van der Waals surface area contributed by atoms with Gasteiger partial charge in [-0.1, -0.05) is 28.9 Å². The molecule has 0 amide bonds. The molecule has 0 aromatic heterocycles. The standard InChI is InChI=1S/C11H15BrO2/c1-6-7-3-8(4-9(6)12)11(2,5-7)10(13)14/h4,6-8H,3,5H2,1-2H3,(H,13,14)/t6-,7-,8-,11-/m1/s1. The van der Waals surface area contributed by atoms with E-state index in [1.165, 1.54) is 4.48 Å². The summed E-state index contributed by atoms with van der Waals surface area (Å²) in [4.78, 5) is 11.2. The van der Waals surface area contributed by atoms with E-state index in [0.717, 1.165) is 12.8 Å². The first-order chi connectivity index (χ1) is 6.45. The maximum atomic E-state index is 11.2. The lowest BCUT2D eigenvalue weighted by molar-refractivity contribution is -0.149. The summed E-state index contributed by atoms with van der Waals surface area (Å²) < 4.78 is 1.20. The van der Waals surface area contributed by atoms with Crippen molar-refractivity contribution in [1.82, 2.24) is 0 Å². The molecule has 78 valence electrons. The number of aliphatic carboxylic acids is 1. The minimum absolute atomic E-state index is 0.218. The number of halogens is 1. The molecule has 0 unspecified atom stereocenters. The number of hydrogen-bond acceptors (Lipinski definition) is 1. The molecule has 2 aliphatic rings. The number of carboxylic acid groups (broad SMARTS) is 1. The van der Waals surface area contributed by atoms with Gasteiger partial charge in [0.1, 0.15) is 0 Å². The lowest BCUT2D eigenvalue weighted by atomic mass is 9.80. The summed E-state index contributed by atoms with van der Waals surface area (Å²) in [5, 5.41) is 9.25. The molecule has 1 N–H and O–H groups in total. The molecule has 0 spiro atoms. The molecule has 14 heavy (non-hydrogen) atoms. The van der Waals surface area contributed by atoms with E-state index < -0.39 is 11.4 Å². The van der Waals surface area contributed by atoms with Gasteiger partial charge in [-0.25, -0.2) is 0 Å². The molecule has 2 aliphatic carbocycles. The fourth-order valence-corrected chi connectivity index (χ4v) is 3.51. The monoisotopic (exact) mass is 258 g/mol. The molecule has 0 saturated heterocycles. The second-order valence-corrected chi connectivity index (χ2v) is 5.78. The summed E-state index contributed by atoms with van der Waals surface area (Å²) >= 11 is 3.54. The van der Waals surface area contributed by atoms with Gasteiger partial charge in [0.05, 0.1) is 5.41 Å². The largest absolute Gasteiger partial charge is 0.481 e. The molecule has 3 heteroatoms. The van der Waals surface area contributed by atoms with Crippen LogP contribution in [0.1, 0.15) is 26.7 Å². The van der Waals surface area contributed by atoms with Crippen molar-refractivity contribution < 1.29 is 9.90 Å². The summed E-state index contributed by atoms with van der Waals surface area (Å²) in [5.41, 5.74) is -0.533. The van der Waals surface area contributed by atoms with Gasteiger partial charge in [-0.3, -0.25) is 4.79 Å². The highest BCUT2D eigenvalue weighted by atomic mass is 79.9. The van der Waals surface area contributed by atoms with Crippen LogP contribution in [0.3, 0.4) is 0 Å². The van der Waals surface area contributed by atoms with Crippen LogP contribution in [0.4, 0.5) is 0 Å². The van der Waals surface area contributed by atoms with Crippen molar-refractivity contribution in [3.05, 3.63) is 10.6 Å². The smallest absolute Gasteiger partial charge is 0.309 e. The molecule has 0 radical (unpaired) electrons. The Morgan fingerprint density at radius 3 is 2.93 bits per heavy atom. The number of allylic oxidation sites excluding steroid dienone is 2. The second-order valence-electron chi connectivity index (χ2n) is 4.87. The third kappa shape index (κ3) is 1.25. The average Bonchev–Trinajstić information content (AvgIpc) is 2.39. The van der Waals surface area contributed by atoms with Crippen LogP contribution in [0.5, 0.6) is 0 Å². The number of rotatable bonds is 1. The van der Waals surface area contributed by atoms with Crippen LogP contribution >= 0.6 is 15.9 Å². The quantitative estimate of drug-likeness (QED) is 0.785.